The highest BCUT2D eigenvalue weighted by Gasteiger charge is 2.09. The molecule has 2 rings (SSSR count). The molecule has 0 saturated carbocycles. The van der Waals surface area contributed by atoms with Crippen molar-refractivity contribution >= 4 is 27.5 Å². The molecule has 0 spiro atoms. The van der Waals surface area contributed by atoms with Crippen molar-refractivity contribution in [3.8, 4) is 0 Å². The lowest BCUT2D eigenvalue weighted by Crippen LogP contribution is -2.19. The Kier molecular flexibility index (Phi) is 4.97. The average molecular weight is 340 g/mol. The van der Waals surface area contributed by atoms with Gasteiger partial charge in [-0.1, -0.05) is 39.7 Å². The summed E-state index contributed by atoms with van der Waals surface area (Å²) in [5.74, 6) is 0. The van der Waals surface area contributed by atoms with E-state index in [0.717, 1.165) is 33.0 Å². The van der Waals surface area contributed by atoms with Crippen LogP contribution < -0.4 is 5.32 Å². The molecular weight excluding hydrogens is 324 g/mol. The minimum absolute atomic E-state index is 0.183. The third kappa shape index (κ3) is 4.03. The highest BCUT2D eigenvalue weighted by atomic mass is 79.9. The van der Waals surface area contributed by atoms with Crippen molar-refractivity contribution in [2.75, 3.05) is 0 Å². The Morgan fingerprint density at radius 1 is 1.32 bits per heavy atom. The number of rotatable bonds is 4. The molecule has 4 heteroatoms. The minimum Gasteiger partial charge on any atom is -0.305 e. The van der Waals surface area contributed by atoms with Gasteiger partial charge >= 0.3 is 0 Å². The molecular formula is C15H16BrClN2. The Morgan fingerprint density at radius 2 is 2.11 bits per heavy atom. The van der Waals surface area contributed by atoms with Crippen molar-refractivity contribution in [3.05, 3.63) is 62.8 Å². The first-order chi connectivity index (χ1) is 9.06. The maximum absolute atomic E-state index is 6.25. The highest BCUT2D eigenvalue weighted by molar-refractivity contribution is 9.10. The third-order valence-corrected chi connectivity index (χ3v) is 3.78. The summed E-state index contributed by atoms with van der Waals surface area (Å²) in [6.45, 7) is 4.83. The van der Waals surface area contributed by atoms with Crippen molar-refractivity contribution in [1.82, 2.24) is 10.3 Å². The second kappa shape index (κ2) is 6.51. The molecule has 1 unspecified atom stereocenters. The van der Waals surface area contributed by atoms with Crippen LogP contribution in [-0.2, 0) is 6.54 Å². The summed E-state index contributed by atoms with van der Waals surface area (Å²) in [6.07, 6.45) is 0. The number of aryl methyl sites for hydroxylation is 1. The number of hydrogen-bond acceptors (Lipinski definition) is 2. The lowest BCUT2D eigenvalue weighted by molar-refractivity contribution is 0.567. The van der Waals surface area contributed by atoms with Gasteiger partial charge in [0.15, 0.2) is 0 Å². The van der Waals surface area contributed by atoms with Gasteiger partial charge in [-0.2, -0.15) is 0 Å². The molecule has 0 radical (unpaired) electrons. The summed E-state index contributed by atoms with van der Waals surface area (Å²) in [5, 5.41) is 4.21. The fourth-order valence-corrected chi connectivity index (χ4v) is 2.76. The van der Waals surface area contributed by atoms with Crippen LogP contribution in [0.3, 0.4) is 0 Å². The molecule has 1 heterocycles. The summed E-state index contributed by atoms with van der Waals surface area (Å²) in [5.41, 5.74) is 3.17. The lowest BCUT2D eigenvalue weighted by atomic mass is 10.1. The van der Waals surface area contributed by atoms with Crippen LogP contribution in [0.1, 0.15) is 29.9 Å². The maximum Gasteiger partial charge on any atom is 0.0545 e. The molecule has 0 amide bonds. The Bertz CT molecular complexity index is 572. The van der Waals surface area contributed by atoms with Gasteiger partial charge < -0.3 is 5.32 Å². The minimum atomic E-state index is 0.183. The van der Waals surface area contributed by atoms with Crippen molar-refractivity contribution in [2.24, 2.45) is 0 Å². The quantitative estimate of drug-likeness (QED) is 0.876. The molecule has 19 heavy (non-hydrogen) atoms. The first-order valence-corrected chi connectivity index (χ1v) is 7.34. The van der Waals surface area contributed by atoms with Crippen molar-refractivity contribution in [1.29, 1.82) is 0 Å². The predicted octanol–water partition coefficient (Wildman–Crippen LogP) is 4.66. The van der Waals surface area contributed by atoms with E-state index in [1.165, 1.54) is 0 Å². The van der Waals surface area contributed by atoms with E-state index < -0.39 is 0 Å². The molecule has 100 valence electrons. The second-order valence-electron chi connectivity index (χ2n) is 4.54. The maximum atomic E-state index is 6.25. The Labute approximate surface area is 127 Å². The van der Waals surface area contributed by atoms with Crippen molar-refractivity contribution < 1.29 is 0 Å². The van der Waals surface area contributed by atoms with Gasteiger partial charge in [-0.25, -0.2) is 0 Å². The molecule has 1 aromatic carbocycles. The number of nitrogens with one attached hydrogen (secondary N) is 1. The van der Waals surface area contributed by atoms with Gasteiger partial charge in [0.05, 0.1) is 5.69 Å². The Hall–Kier alpha value is -0.900. The van der Waals surface area contributed by atoms with Gasteiger partial charge in [-0.05, 0) is 43.7 Å². The van der Waals surface area contributed by atoms with E-state index in [-0.39, 0.29) is 6.04 Å². The molecule has 0 aliphatic rings. The summed E-state index contributed by atoms with van der Waals surface area (Å²) < 4.78 is 0.994. The Balaban J connectivity index is 2.03. The zero-order valence-electron chi connectivity index (χ0n) is 11.0. The number of hydrogen-bond donors (Lipinski definition) is 1. The van der Waals surface area contributed by atoms with Crippen LogP contribution in [0.15, 0.2) is 40.9 Å². The number of pyridine rings is 1. The molecule has 0 fully saturated rings. The molecule has 0 aliphatic carbocycles. The zero-order chi connectivity index (χ0) is 13.8. The predicted molar refractivity (Wildman–Crippen MR) is 83.4 cm³/mol. The van der Waals surface area contributed by atoms with Crippen LogP contribution in [0.5, 0.6) is 0 Å². The number of nitrogens with zero attached hydrogens (tertiary/aromatic N) is 1. The first kappa shape index (κ1) is 14.5. The van der Waals surface area contributed by atoms with Crippen LogP contribution in [0.4, 0.5) is 0 Å². The van der Waals surface area contributed by atoms with Gasteiger partial charge in [0.2, 0.25) is 0 Å². The van der Waals surface area contributed by atoms with Crippen LogP contribution in [0.25, 0.3) is 0 Å². The normalized spacial score (nSPS) is 12.4. The van der Waals surface area contributed by atoms with E-state index in [2.05, 4.69) is 33.2 Å². The zero-order valence-corrected chi connectivity index (χ0v) is 13.3. The molecule has 0 saturated heterocycles. The standard InChI is InChI=1S/C15H16BrClN2/c1-10-4-3-5-13(19-10)9-18-11(2)14-7-6-12(16)8-15(14)17/h3-8,11,18H,9H2,1-2H3. The number of halogens is 2. The van der Waals surface area contributed by atoms with Crippen LogP contribution in [0.2, 0.25) is 5.02 Å². The second-order valence-corrected chi connectivity index (χ2v) is 5.86. The van der Waals surface area contributed by atoms with Gasteiger partial charge in [0.25, 0.3) is 0 Å². The molecule has 1 aromatic heterocycles. The summed E-state index contributed by atoms with van der Waals surface area (Å²) >= 11 is 9.66. The largest absolute Gasteiger partial charge is 0.305 e. The number of aromatic nitrogens is 1. The van der Waals surface area contributed by atoms with E-state index in [1.807, 2.05) is 43.3 Å². The van der Waals surface area contributed by atoms with Crippen LogP contribution in [0, 0.1) is 6.92 Å². The van der Waals surface area contributed by atoms with E-state index >= 15 is 0 Å². The van der Waals surface area contributed by atoms with Gasteiger partial charge in [-0.15, -0.1) is 0 Å². The molecule has 0 bridgehead atoms. The molecule has 2 aromatic rings. The molecule has 1 N–H and O–H groups in total. The summed E-state index contributed by atoms with van der Waals surface area (Å²) in [7, 11) is 0. The molecule has 1 atom stereocenters. The van der Waals surface area contributed by atoms with E-state index in [4.69, 9.17) is 11.6 Å². The fraction of sp³-hybridized carbons (Fsp3) is 0.267. The topological polar surface area (TPSA) is 24.9 Å². The highest BCUT2D eigenvalue weighted by Crippen LogP contribution is 2.26. The van der Waals surface area contributed by atoms with Gasteiger partial charge in [0.1, 0.15) is 0 Å². The molecule has 0 aliphatic heterocycles. The van der Waals surface area contributed by atoms with Gasteiger partial charge in [0, 0.05) is 27.8 Å². The summed E-state index contributed by atoms with van der Waals surface area (Å²) in [6, 6.07) is 12.2. The van der Waals surface area contributed by atoms with E-state index in [1.54, 1.807) is 0 Å². The first-order valence-electron chi connectivity index (χ1n) is 6.17. The van der Waals surface area contributed by atoms with E-state index in [0.29, 0.717) is 0 Å². The monoisotopic (exact) mass is 338 g/mol. The van der Waals surface area contributed by atoms with Gasteiger partial charge in [-0.3, -0.25) is 4.98 Å². The smallest absolute Gasteiger partial charge is 0.0545 e. The Morgan fingerprint density at radius 3 is 2.79 bits per heavy atom. The number of benzene rings is 1. The summed E-state index contributed by atoms with van der Waals surface area (Å²) in [4.78, 5) is 4.47. The third-order valence-electron chi connectivity index (χ3n) is 2.96. The lowest BCUT2D eigenvalue weighted by Gasteiger charge is -2.16. The van der Waals surface area contributed by atoms with Crippen LogP contribution in [-0.4, -0.2) is 4.98 Å². The van der Waals surface area contributed by atoms with Crippen molar-refractivity contribution in [2.45, 2.75) is 26.4 Å². The van der Waals surface area contributed by atoms with Crippen LogP contribution >= 0.6 is 27.5 Å². The average Bonchev–Trinajstić information content (AvgIpc) is 2.36. The molecule has 2 nitrogen and oxygen atoms in total. The van der Waals surface area contributed by atoms with Crippen molar-refractivity contribution in [3.63, 3.8) is 0 Å². The van der Waals surface area contributed by atoms with E-state index in [9.17, 15) is 0 Å². The fourth-order valence-electron chi connectivity index (χ4n) is 1.92. The SMILES string of the molecule is Cc1cccc(CNC(C)c2ccc(Br)cc2Cl)n1.